The number of likely N-dealkylation sites (tertiary alicyclic amines) is 1. The Hall–Kier alpha value is -2.37. The first kappa shape index (κ1) is 16.5. The topological polar surface area (TPSA) is 68.5 Å². The molecule has 1 aromatic heterocycles. The van der Waals surface area contributed by atoms with Gasteiger partial charge in [0.2, 0.25) is 11.7 Å². The summed E-state index contributed by atoms with van der Waals surface area (Å²) in [5.41, 5.74) is 0.592. The van der Waals surface area contributed by atoms with Crippen LogP contribution in [0.4, 0.5) is 0 Å². The molecule has 0 aliphatic carbocycles. The number of hydrogen-bond donors (Lipinski definition) is 0. The number of carbonyl (C=O) groups is 1. The lowest BCUT2D eigenvalue weighted by molar-refractivity contribution is 0.0666. The van der Waals surface area contributed by atoms with E-state index in [0.717, 1.165) is 25.9 Å². The quantitative estimate of drug-likeness (QED) is 0.842. The summed E-state index contributed by atoms with van der Waals surface area (Å²) < 4.78 is 10.7. The molecule has 0 spiro atoms. The van der Waals surface area contributed by atoms with Crippen LogP contribution in [0.3, 0.4) is 0 Å². The van der Waals surface area contributed by atoms with Crippen LogP contribution < -0.4 is 4.74 Å². The molecule has 1 aliphatic heterocycles. The molecule has 1 saturated heterocycles. The lowest BCUT2D eigenvalue weighted by atomic mass is 9.95. The van der Waals surface area contributed by atoms with E-state index in [9.17, 15) is 4.79 Å². The smallest absolute Gasteiger partial charge is 0.257 e. The second-order valence-electron chi connectivity index (χ2n) is 6.18. The molecular weight excluding hydrogens is 306 g/mol. The van der Waals surface area contributed by atoms with Crippen LogP contribution >= 0.6 is 0 Å². The highest BCUT2D eigenvalue weighted by molar-refractivity contribution is 5.97. The minimum absolute atomic E-state index is 0.0352. The minimum atomic E-state index is 0.0352. The molecule has 128 valence electrons. The van der Waals surface area contributed by atoms with E-state index in [1.165, 1.54) is 6.42 Å². The lowest BCUT2D eigenvalue weighted by Crippen LogP contribution is -2.39. The number of benzene rings is 1. The molecule has 1 aromatic carbocycles. The van der Waals surface area contributed by atoms with Gasteiger partial charge in [-0.3, -0.25) is 4.79 Å². The van der Waals surface area contributed by atoms with E-state index >= 15 is 0 Å². The van der Waals surface area contributed by atoms with Crippen LogP contribution in [0, 0.1) is 12.8 Å². The van der Waals surface area contributed by atoms with Gasteiger partial charge in [-0.1, -0.05) is 30.6 Å². The first-order valence-corrected chi connectivity index (χ1v) is 8.47. The van der Waals surface area contributed by atoms with Crippen LogP contribution in [-0.4, -0.2) is 34.0 Å². The Kier molecular flexibility index (Phi) is 5.13. The molecule has 0 unspecified atom stereocenters. The van der Waals surface area contributed by atoms with Gasteiger partial charge < -0.3 is 14.2 Å². The Balaban J connectivity index is 1.72. The number of ether oxygens (including phenoxy) is 1. The van der Waals surface area contributed by atoms with E-state index in [-0.39, 0.29) is 12.5 Å². The van der Waals surface area contributed by atoms with Gasteiger partial charge >= 0.3 is 0 Å². The number of aryl methyl sites for hydroxylation is 1. The van der Waals surface area contributed by atoms with E-state index in [1.807, 2.05) is 23.1 Å². The van der Waals surface area contributed by atoms with Gasteiger partial charge in [-0.15, -0.1) is 0 Å². The van der Waals surface area contributed by atoms with Gasteiger partial charge in [0, 0.05) is 20.0 Å². The zero-order valence-corrected chi connectivity index (χ0v) is 14.2. The van der Waals surface area contributed by atoms with Crippen molar-refractivity contribution in [2.24, 2.45) is 5.92 Å². The average molecular weight is 329 g/mol. The summed E-state index contributed by atoms with van der Waals surface area (Å²) in [5.74, 6) is 2.16. The monoisotopic (exact) mass is 329 g/mol. The van der Waals surface area contributed by atoms with Gasteiger partial charge in [-0.2, -0.15) is 4.98 Å². The number of amides is 1. The Labute approximate surface area is 141 Å². The largest absolute Gasteiger partial charge is 0.485 e. The van der Waals surface area contributed by atoms with Gasteiger partial charge in [-0.25, -0.2) is 0 Å². The third kappa shape index (κ3) is 3.75. The van der Waals surface area contributed by atoms with Crippen LogP contribution in [-0.2, 0) is 6.61 Å². The van der Waals surface area contributed by atoms with Crippen molar-refractivity contribution in [1.29, 1.82) is 0 Å². The van der Waals surface area contributed by atoms with Crippen LogP contribution in [0.1, 0.15) is 48.3 Å². The molecule has 2 aromatic rings. The lowest BCUT2D eigenvalue weighted by Gasteiger charge is -2.32. The number of carbonyl (C=O) groups excluding carboxylic acids is 1. The van der Waals surface area contributed by atoms with Gasteiger partial charge in [-0.05, 0) is 30.9 Å². The van der Waals surface area contributed by atoms with E-state index in [1.54, 1.807) is 13.0 Å². The van der Waals surface area contributed by atoms with Gasteiger partial charge in [0.1, 0.15) is 5.75 Å². The second kappa shape index (κ2) is 7.47. The second-order valence-corrected chi connectivity index (χ2v) is 6.18. The SMILES string of the molecule is CC[C@@H]1CCCN(C(=O)c2ccccc2OCc2noc(C)n2)C1. The van der Waals surface area contributed by atoms with Gasteiger partial charge in [0.15, 0.2) is 6.61 Å². The molecular formula is C18H23N3O3. The van der Waals surface area contributed by atoms with Crippen LogP contribution in [0.25, 0.3) is 0 Å². The van der Waals surface area contributed by atoms with E-state index < -0.39 is 0 Å². The van der Waals surface area contributed by atoms with Crippen molar-refractivity contribution in [2.75, 3.05) is 13.1 Å². The highest BCUT2D eigenvalue weighted by Crippen LogP contribution is 2.25. The fourth-order valence-corrected chi connectivity index (χ4v) is 3.06. The molecule has 6 nitrogen and oxygen atoms in total. The molecule has 1 amide bonds. The average Bonchev–Trinajstić information content (AvgIpc) is 3.05. The van der Waals surface area contributed by atoms with E-state index in [0.29, 0.717) is 28.9 Å². The molecule has 1 aliphatic rings. The van der Waals surface area contributed by atoms with Gasteiger partial charge in [0.25, 0.3) is 5.91 Å². The Morgan fingerprint density at radius 3 is 3.00 bits per heavy atom. The highest BCUT2D eigenvalue weighted by atomic mass is 16.5. The number of aromatic nitrogens is 2. The van der Waals surface area contributed by atoms with Crippen molar-refractivity contribution >= 4 is 5.91 Å². The standard InChI is InChI=1S/C18H23N3O3/c1-3-14-7-6-10-21(11-14)18(22)15-8-4-5-9-16(15)23-12-17-19-13(2)24-20-17/h4-5,8-9,14H,3,6-7,10-12H2,1-2H3/t14-/m1/s1. The third-order valence-corrected chi connectivity index (χ3v) is 4.43. The predicted molar refractivity (Wildman–Crippen MR) is 88.7 cm³/mol. The summed E-state index contributed by atoms with van der Waals surface area (Å²) in [4.78, 5) is 18.9. The third-order valence-electron chi connectivity index (χ3n) is 4.43. The van der Waals surface area contributed by atoms with Crippen molar-refractivity contribution in [3.63, 3.8) is 0 Å². The summed E-state index contributed by atoms with van der Waals surface area (Å²) in [6, 6.07) is 7.34. The number of rotatable bonds is 5. The maximum Gasteiger partial charge on any atom is 0.257 e. The normalized spacial score (nSPS) is 17.8. The molecule has 3 rings (SSSR count). The molecule has 0 bridgehead atoms. The van der Waals surface area contributed by atoms with Crippen molar-refractivity contribution in [1.82, 2.24) is 15.0 Å². The highest BCUT2D eigenvalue weighted by Gasteiger charge is 2.25. The zero-order valence-electron chi connectivity index (χ0n) is 14.2. The first-order chi connectivity index (χ1) is 11.7. The van der Waals surface area contributed by atoms with Crippen molar-refractivity contribution in [2.45, 2.75) is 39.7 Å². The molecule has 0 N–H and O–H groups in total. The number of nitrogens with zero attached hydrogens (tertiary/aromatic N) is 3. The van der Waals surface area contributed by atoms with Crippen LogP contribution in [0.15, 0.2) is 28.8 Å². The summed E-state index contributed by atoms with van der Waals surface area (Å²) in [5, 5.41) is 3.81. The number of hydrogen-bond acceptors (Lipinski definition) is 5. The summed E-state index contributed by atoms with van der Waals surface area (Å²) in [6.07, 6.45) is 3.38. The summed E-state index contributed by atoms with van der Waals surface area (Å²) in [6.45, 7) is 5.73. The molecule has 0 saturated carbocycles. The molecule has 2 heterocycles. The molecule has 1 fully saturated rings. The van der Waals surface area contributed by atoms with E-state index in [2.05, 4.69) is 17.1 Å². The van der Waals surface area contributed by atoms with Crippen LogP contribution in [0.2, 0.25) is 0 Å². The van der Waals surface area contributed by atoms with Crippen molar-refractivity contribution in [3.8, 4) is 5.75 Å². The van der Waals surface area contributed by atoms with Crippen molar-refractivity contribution in [3.05, 3.63) is 41.5 Å². The summed E-state index contributed by atoms with van der Waals surface area (Å²) >= 11 is 0. The van der Waals surface area contributed by atoms with Gasteiger partial charge in [0.05, 0.1) is 5.56 Å². The van der Waals surface area contributed by atoms with Crippen molar-refractivity contribution < 1.29 is 14.1 Å². The predicted octanol–water partition coefficient (Wildman–Crippen LogP) is 3.22. The maximum atomic E-state index is 12.9. The summed E-state index contributed by atoms with van der Waals surface area (Å²) in [7, 11) is 0. The Bertz CT molecular complexity index is 698. The maximum absolute atomic E-state index is 12.9. The number of piperidine rings is 1. The fraction of sp³-hybridized carbons (Fsp3) is 0.500. The first-order valence-electron chi connectivity index (χ1n) is 8.47. The molecule has 1 atom stereocenters. The number of para-hydroxylation sites is 1. The fourth-order valence-electron chi connectivity index (χ4n) is 3.06. The molecule has 24 heavy (non-hydrogen) atoms. The van der Waals surface area contributed by atoms with Crippen LogP contribution in [0.5, 0.6) is 5.75 Å². The Morgan fingerprint density at radius 1 is 1.42 bits per heavy atom. The van der Waals surface area contributed by atoms with E-state index in [4.69, 9.17) is 9.26 Å². The zero-order chi connectivity index (χ0) is 16.9. The molecule has 0 radical (unpaired) electrons. The minimum Gasteiger partial charge on any atom is -0.485 e. The Morgan fingerprint density at radius 2 is 2.25 bits per heavy atom. The molecule has 6 heteroatoms.